The molecule has 2 heterocycles. The lowest BCUT2D eigenvalue weighted by atomic mass is 10.1. The van der Waals surface area contributed by atoms with Crippen LogP contribution in [0.25, 0.3) is 10.9 Å². The zero-order valence-electron chi connectivity index (χ0n) is 17.6. The molecule has 31 heavy (non-hydrogen) atoms. The molecule has 162 valence electrons. The van der Waals surface area contributed by atoms with Gasteiger partial charge in [0.1, 0.15) is 0 Å². The maximum Gasteiger partial charge on any atom is 0.243 e. The Bertz CT molecular complexity index is 1210. The van der Waals surface area contributed by atoms with Crippen LogP contribution >= 0.6 is 11.8 Å². The molecule has 0 N–H and O–H groups in total. The van der Waals surface area contributed by atoms with Gasteiger partial charge in [-0.25, -0.2) is 13.4 Å². The van der Waals surface area contributed by atoms with Gasteiger partial charge >= 0.3 is 0 Å². The van der Waals surface area contributed by atoms with Crippen LogP contribution in [-0.2, 0) is 14.8 Å². The zero-order valence-corrected chi connectivity index (χ0v) is 19.2. The largest absolute Gasteiger partial charge is 0.339 e. The highest BCUT2D eigenvalue weighted by molar-refractivity contribution is 7.99. The highest BCUT2D eigenvalue weighted by Crippen LogP contribution is 2.26. The third-order valence-electron chi connectivity index (χ3n) is 5.54. The summed E-state index contributed by atoms with van der Waals surface area (Å²) in [5.74, 6) is 0.293. The second-order valence-electron chi connectivity index (χ2n) is 7.64. The van der Waals surface area contributed by atoms with Crippen molar-refractivity contribution in [2.45, 2.75) is 23.8 Å². The summed E-state index contributed by atoms with van der Waals surface area (Å²) in [5.41, 5.74) is 3.23. The average molecular weight is 456 g/mol. The first kappa shape index (κ1) is 21.8. The number of rotatable bonds is 5. The van der Waals surface area contributed by atoms with Gasteiger partial charge in [-0.05, 0) is 43.2 Å². The van der Waals surface area contributed by atoms with Crippen molar-refractivity contribution >= 4 is 38.6 Å². The van der Waals surface area contributed by atoms with E-state index in [2.05, 4.69) is 13.0 Å². The number of carbonyl (C=O) groups excluding carboxylic acids is 1. The topological polar surface area (TPSA) is 70.6 Å². The minimum absolute atomic E-state index is 0.00564. The number of hydrogen-bond acceptors (Lipinski definition) is 5. The minimum atomic E-state index is -3.52. The number of benzene rings is 2. The van der Waals surface area contributed by atoms with Crippen molar-refractivity contribution in [2.75, 3.05) is 31.9 Å². The minimum Gasteiger partial charge on any atom is -0.339 e. The monoisotopic (exact) mass is 455 g/mol. The number of hydrogen-bond donors (Lipinski definition) is 0. The first-order chi connectivity index (χ1) is 14.9. The van der Waals surface area contributed by atoms with Crippen molar-refractivity contribution in [3.63, 3.8) is 0 Å². The SMILES string of the molecule is Cc1cc(SCC(=O)N2CCN(S(=O)(=O)c3ccccc3)CC2)nc2c(C)cccc12. The van der Waals surface area contributed by atoms with E-state index >= 15 is 0 Å². The van der Waals surface area contributed by atoms with Crippen molar-refractivity contribution in [1.29, 1.82) is 0 Å². The van der Waals surface area contributed by atoms with Gasteiger partial charge in [-0.1, -0.05) is 48.2 Å². The molecule has 0 saturated carbocycles. The van der Waals surface area contributed by atoms with E-state index < -0.39 is 10.0 Å². The van der Waals surface area contributed by atoms with Crippen LogP contribution < -0.4 is 0 Å². The first-order valence-corrected chi connectivity index (χ1v) is 12.6. The number of carbonyl (C=O) groups is 1. The predicted molar refractivity (Wildman–Crippen MR) is 124 cm³/mol. The zero-order chi connectivity index (χ0) is 22.0. The molecule has 0 spiro atoms. The third kappa shape index (κ3) is 4.61. The molecular formula is C23H25N3O3S2. The first-order valence-electron chi connectivity index (χ1n) is 10.2. The molecule has 0 aliphatic carbocycles. The molecule has 3 aromatic rings. The molecule has 1 fully saturated rings. The summed E-state index contributed by atoms with van der Waals surface area (Å²) in [6.07, 6.45) is 0. The molecular weight excluding hydrogens is 430 g/mol. The van der Waals surface area contributed by atoms with Crippen molar-refractivity contribution in [1.82, 2.24) is 14.2 Å². The Morgan fingerprint density at radius 2 is 1.68 bits per heavy atom. The quantitative estimate of drug-likeness (QED) is 0.551. The number of aryl methyl sites for hydroxylation is 2. The molecule has 0 radical (unpaired) electrons. The van der Waals surface area contributed by atoms with Crippen LogP contribution in [0.3, 0.4) is 0 Å². The Morgan fingerprint density at radius 1 is 0.968 bits per heavy atom. The molecule has 6 nitrogen and oxygen atoms in total. The van der Waals surface area contributed by atoms with E-state index in [-0.39, 0.29) is 11.7 Å². The van der Waals surface area contributed by atoms with Crippen molar-refractivity contribution in [3.8, 4) is 0 Å². The van der Waals surface area contributed by atoms with Crippen LogP contribution in [-0.4, -0.2) is 60.4 Å². The number of sulfonamides is 1. The van der Waals surface area contributed by atoms with Gasteiger partial charge in [-0.3, -0.25) is 4.79 Å². The summed E-state index contributed by atoms with van der Waals surface area (Å²) in [5, 5.41) is 1.96. The average Bonchev–Trinajstić information content (AvgIpc) is 2.79. The van der Waals surface area contributed by atoms with Gasteiger partial charge in [-0.2, -0.15) is 4.31 Å². The van der Waals surface area contributed by atoms with Crippen LogP contribution in [0, 0.1) is 13.8 Å². The molecule has 2 aromatic carbocycles. The lowest BCUT2D eigenvalue weighted by Crippen LogP contribution is -2.50. The van der Waals surface area contributed by atoms with Crippen molar-refractivity contribution in [3.05, 3.63) is 65.7 Å². The number of thioether (sulfide) groups is 1. The van der Waals surface area contributed by atoms with E-state index in [0.29, 0.717) is 31.1 Å². The van der Waals surface area contributed by atoms with Crippen LogP contribution in [0.2, 0.25) is 0 Å². The molecule has 4 rings (SSSR count). The van der Waals surface area contributed by atoms with Gasteiger partial charge in [0, 0.05) is 31.6 Å². The summed E-state index contributed by atoms with van der Waals surface area (Å²) in [6.45, 7) is 5.50. The van der Waals surface area contributed by atoms with Gasteiger partial charge in [-0.15, -0.1) is 0 Å². The maximum absolute atomic E-state index is 12.8. The third-order valence-corrected chi connectivity index (χ3v) is 8.35. The van der Waals surface area contributed by atoms with Gasteiger partial charge in [0.05, 0.1) is 21.2 Å². The molecule has 0 bridgehead atoms. The smallest absolute Gasteiger partial charge is 0.243 e. The summed E-state index contributed by atoms with van der Waals surface area (Å²) in [6, 6.07) is 16.6. The van der Waals surface area contributed by atoms with Crippen LogP contribution in [0.15, 0.2) is 64.5 Å². The fraction of sp³-hybridized carbons (Fsp3) is 0.304. The Labute approximate surface area is 187 Å². The molecule has 1 aromatic heterocycles. The predicted octanol–water partition coefficient (Wildman–Crippen LogP) is 3.48. The Hall–Kier alpha value is -2.42. The lowest BCUT2D eigenvalue weighted by Gasteiger charge is -2.34. The number of fused-ring (bicyclic) bond motifs is 1. The van der Waals surface area contributed by atoms with Crippen LogP contribution in [0.1, 0.15) is 11.1 Å². The van der Waals surface area contributed by atoms with Crippen molar-refractivity contribution in [2.24, 2.45) is 0 Å². The molecule has 8 heteroatoms. The van der Waals surface area contributed by atoms with E-state index in [4.69, 9.17) is 4.98 Å². The molecule has 0 atom stereocenters. The summed E-state index contributed by atoms with van der Waals surface area (Å²) in [7, 11) is -3.52. The molecule has 0 unspecified atom stereocenters. The number of para-hydroxylation sites is 1. The Balaban J connectivity index is 1.37. The number of pyridine rings is 1. The number of amides is 1. The second-order valence-corrected chi connectivity index (χ2v) is 10.6. The van der Waals surface area contributed by atoms with Gasteiger partial charge in [0.2, 0.25) is 15.9 Å². The highest BCUT2D eigenvalue weighted by atomic mass is 32.2. The molecule has 1 saturated heterocycles. The summed E-state index contributed by atoms with van der Waals surface area (Å²) in [4.78, 5) is 19.5. The highest BCUT2D eigenvalue weighted by Gasteiger charge is 2.29. The van der Waals surface area contributed by atoms with E-state index in [0.717, 1.165) is 27.1 Å². The normalized spacial score (nSPS) is 15.4. The number of piperazine rings is 1. The van der Waals surface area contributed by atoms with E-state index in [1.807, 2.05) is 25.1 Å². The fourth-order valence-electron chi connectivity index (χ4n) is 3.75. The van der Waals surface area contributed by atoms with E-state index in [1.54, 1.807) is 35.2 Å². The number of nitrogens with zero attached hydrogens (tertiary/aromatic N) is 3. The van der Waals surface area contributed by atoms with Gasteiger partial charge in [0.15, 0.2) is 0 Å². The number of aromatic nitrogens is 1. The van der Waals surface area contributed by atoms with E-state index in [9.17, 15) is 13.2 Å². The standard InChI is InChI=1S/C23H25N3O3S2/c1-17-7-6-10-20-18(2)15-21(24-23(17)20)30-16-22(27)25-11-13-26(14-12-25)31(28,29)19-8-4-3-5-9-19/h3-10,15H,11-14,16H2,1-2H3. The van der Waals surface area contributed by atoms with Crippen molar-refractivity contribution < 1.29 is 13.2 Å². The second kappa shape index (κ2) is 8.98. The van der Waals surface area contributed by atoms with Gasteiger partial charge < -0.3 is 4.90 Å². The summed E-state index contributed by atoms with van der Waals surface area (Å²) >= 11 is 1.43. The van der Waals surface area contributed by atoms with Crippen LogP contribution in [0.4, 0.5) is 0 Å². The molecule has 1 aliphatic heterocycles. The lowest BCUT2D eigenvalue weighted by molar-refractivity contribution is -0.129. The Morgan fingerprint density at radius 3 is 2.39 bits per heavy atom. The van der Waals surface area contributed by atoms with Gasteiger partial charge in [0.25, 0.3) is 0 Å². The molecule has 1 aliphatic rings. The molecule has 1 amide bonds. The fourth-order valence-corrected chi connectivity index (χ4v) is 6.06. The van der Waals surface area contributed by atoms with E-state index in [1.165, 1.54) is 16.1 Å². The Kier molecular flexibility index (Phi) is 6.31. The van der Waals surface area contributed by atoms with Crippen LogP contribution in [0.5, 0.6) is 0 Å². The maximum atomic E-state index is 12.8. The summed E-state index contributed by atoms with van der Waals surface area (Å²) < 4.78 is 27.0.